The normalized spacial score (nSPS) is 11.9. The van der Waals surface area contributed by atoms with Crippen LogP contribution >= 0.6 is 0 Å². The molecule has 0 aliphatic carbocycles. The van der Waals surface area contributed by atoms with Gasteiger partial charge in [-0.05, 0) is 62.0 Å². The molecule has 2 heterocycles. The molecule has 36 heavy (non-hydrogen) atoms. The van der Waals surface area contributed by atoms with Gasteiger partial charge < -0.3 is 8.83 Å². The minimum atomic E-state index is 0.795. The Morgan fingerprint density at radius 1 is 0.444 bits per heavy atom. The lowest BCUT2D eigenvalue weighted by molar-refractivity contribution is 0.600. The summed E-state index contributed by atoms with van der Waals surface area (Å²) < 4.78 is 12.2. The monoisotopic (exact) mass is 460 g/mol. The van der Waals surface area contributed by atoms with Gasteiger partial charge in [0, 0.05) is 16.2 Å². The van der Waals surface area contributed by atoms with E-state index in [2.05, 4.69) is 109 Å². The number of rotatable bonds is 2. The van der Waals surface area contributed by atoms with Crippen molar-refractivity contribution >= 4 is 54.5 Å². The maximum absolute atomic E-state index is 6.41. The molecule has 0 bridgehead atoms. The predicted molar refractivity (Wildman–Crippen MR) is 149 cm³/mol. The molecule has 2 nitrogen and oxygen atoms in total. The van der Waals surface area contributed by atoms with Gasteiger partial charge >= 0.3 is 0 Å². The second-order valence-corrected chi connectivity index (χ2v) is 9.27. The van der Waals surface area contributed by atoms with Crippen LogP contribution in [0.4, 0.5) is 0 Å². The van der Waals surface area contributed by atoms with E-state index in [4.69, 9.17) is 8.83 Å². The van der Waals surface area contributed by atoms with Crippen molar-refractivity contribution in [1.82, 2.24) is 0 Å². The molecule has 0 saturated carbocycles. The first-order valence-corrected chi connectivity index (χ1v) is 12.2. The van der Waals surface area contributed by atoms with Crippen molar-refractivity contribution in [3.63, 3.8) is 0 Å². The minimum Gasteiger partial charge on any atom is -0.460 e. The van der Waals surface area contributed by atoms with Crippen molar-refractivity contribution in [3.8, 4) is 22.3 Å². The molecule has 0 aliphatic rings. The van der Waals surface area contributed by atoms with E-state index in [0.29, 0.717) is 0 Å². The van der Waals surface area contributed by atoms with Crippen LogP contribution in [0.1, 0.15) is 0 Å². The fourth-order valence-electron chi connectivity index (χ4n) is 5.85. The summed E-state index contributed by atoms with van der Waals surface area (Å²) in [6.45, 7) is 0. The van der Waals surface area contributed by atoms with E-state index in [-0.39, 0.29) is 0 Å². The van der Waals surface area contributed by atoms with Crippen LogP contribution in [-0.2, 0) is 0 Å². The fraction of sp³-hybridized carbons (Fsp3) is 0. The zero-order chi connectivity index (χ0) is 23.6. The average molecular weight is 461 g/mol. The number of hydrogen-bond acceptors (Lipinski definition) is 2. The fourth-order valence-corrected chi connectivity index (χ4v) is 5.85. The summed E-state index contributed by atoms with van der Waals surface area (Å²) in [5.41, 5.74) is 7.36. The van der Waals surface area contributed by atoms with Gasteiger partial charge in [0.15, 0.2) is 11.2 Å². The van der Waals surface area contributed by atoms with Crippen LogP contribution in [0.2, 0.25) is 0 Å². The molecule has 168 valence electrons. The standard InChI is InChI=1S/C34H20O2/c1-2-9-21(10-3-1)30-23-11-4-6-13-25(23)31(26-14-7-5-12-24(26)30)27-15-8-16-29-32(27)28-18-17-22-19-20-35-33(22)34(28)36-29/h1-20H. The van der Waals surface area contributed by atoms with E-state index >= 15 is 0 Å². The Kier molecular flexibility index (Phi) is 3.97. The molecule has 6 aromatic carbocycles. The largest absolute Gasteiger partial charge is 0.460 e. The van der Waals surface area contributed by atoms with Crippen molar-refractivity contribution in [1.29, 1.82) is 0 Å². The second kappa shape index (κ2) is 7.34. The van der Waals surface area contributed by atoms with Gasteiger partial charge in [-0.3, -0.25) is 0 Å². The van der Waals surface area contributed by atoms with Gasteiger partial charge in [0.2, 0.25) is 0 Å². The van der Waals surface area contributed by atoms with Crippen LogP contribution in [0.25, 0.3) is 76.7 Å². The zero-order valence-corrected chi connectivity index (χ0v) is 19.4. The summed E-state index contributed by atoms with van der Waals surface area (Å²) in [6, 6.07) is 40.8. The Hall–Kier alpha value is -4.82. The van der Waals surface area contributed by atoms with Gasteiger partial charge in [-0.2, -0.15) is 0 Å². The summed E-state index contributed by atoms with van der Waals surface area (Å²) in [5, 5.41) is 8.20. The van der Waals surface area contributed by atoms with E-state index in [1.54, 1.807) is 6.26 Å². The van der Waals surface area contributed by atoms with Crippen molar-refractivity contribution in [2.45, 2.75) is 0 Å². The van der Waals surface area contributed by atoms with Crippen LogP contribution in [0.15, 0.2) is 130 Å². The van der Waals surface area contributed by atoms with Gasteiger partial charge in [0.25, 0.3) is 0 Å². The van der Waals surface area contributed by atoms with Crippen LogP contribution in [0.5, 0.6) is 0 Å². The molecule has 8 aromatic rings. The highest BCUT2D eigenvalue weighted by molar-refractivity contribution is 6.26. The van der Waals surface area contributed by atoms with Gasteiger partial charge in [0.1, 0.15) is 5.58 Å². The third kappa shape index (κ3) is 2.61. The molecule has 0 unspecified atom stereocenters. The van der Waals surface area contributed by atoms with Gasteiger partial charge in [-0.25, -0.2) is 0 Å². The number of fused-ring (bicyclic) bond motifs is 7. The molecule has 8 rings (SSSR count). The predicted octanol–water partition coefficient (Wildman–Crippen LogP) is 9.97. The molecular weight excluding hydrogens is 440 g/mol. The van der Waals surface area contributed by atoms with Crippen molar-refractivity contribution < 1.29 is 8.83 Å². The molecular formula is C34H20O2. The first kappa shape index (κ1) is 19.5. The van der Waals surface area contributed by atoms with Crippen LogP contribution < -0.4 is 0 Å². The topological polar surface area (TPSA) is 26.3 Å². The molecule has 2 heteroatoms. The van der Waals surface area contributed by atoms with Gasteiger partial charge in [0.05, 0.1) is 6.26 Å². The Morgan fingerprint density at radius 3 is 1.83 bits per heavy atom. The molecule has 0 aliphatic heterocycles. The van der Waals surface area contributed by atoms with E-state index in [0.717, 1.165) is 32.9 Å². The molecule has 2 aromatic heterocycles. The Bertz CT molecular complexity index is 2030. The summed E-state index contributed by atoms with van der Waals surface area (Å²) in [7, 11) is 0. The van der Waals surface area contributed by atoms with Crippen molar-refractivity contribution in [2.75, 3.05) is 0 Å². The molecule has 0 spiro atoms. The lowest BCUT2D eigenvalue weighted by Gasteiger charge is -2.18. The molecule has 0 atom stereocenters. The first-order valence-electron chi connectivity index (χ1n) is 12.2. The summed E-state index contributed by atoms with van der Waals surface area (Å²) >= 11 is 0. The van der Waals surface area contributed by atoms with Gasteiger partial charge in [-0.1, -0.05) is 97.1 Å². The molecule has 0 amide bonds. The van der Waals surface area contributed by atoms with E-state index in [1.165, 1.54) is 43.8 Å². The Balaban J connectivity index is 1.58. The Morgan fingerprint density at radius 2 is 1.11 bits per heavy atom. The molecule has 0 fully saturated rings. The second-order valence-electron chi connectivity index (χ2n) is 9.27. The number of benzene rings is 6. The first-order chi connectivity index (χ1) is 17.9. The van der Waals surface area contributed by atoms with Crippen LogP contribution in [0.3, 0.4) is 0 Å². The zero-order valence-electron chi connectivity index (χ0n) is 19.4. The average Bonchev–Trinajstić information content (AvgIpc) is 3.57. The van der Waals surface area contributed by atoms with E-state index < -0.39 is 0 Å². The number of furan rings is 2. The highest BCUT2D eigenvalue weighted by Gasteiger charge is 2.21. The summed E-state index contributed by atoms with van der Waals surface area (Å²) in [4.78, 5) is 0. The lowest BCUT2D eigenvalue weighted by Crippen LogP contribution is -1.91. The third-order valence-corrected chi connectivity index (χ3v) is 7.35. The smallest absolute Gasteiger partial charge is 0.178 e. The molecule has 0 N–H and O–H groups in total. The maximum atomic E-state index is 6.41. The SMILES string of the molecule is c1ccc(-c2c3ccccc3c(-c3cccc4oc5c(ccc6ccoc65)c34)c3ccccc23)cc1. The van der Waals surface area contributed by atoms with Crippen LogP contribution in [0, 0.1) is 0 Å². The quantitative estimate of drug-likeness (QED) is 0.240. The van der Waals surface area contributed by atoms with E-state index in [1.807, 2.05) is 6.07 Å². The third-order valence-electron chi connectivity index (χ3n) is 7.35. The maximum Gasteiger partial charge on any atom is 0.178 e. The van der Waals surface area contributed by atoms with E-state index in [9.17, 15) is 0 Å². The summed E-state index contributed by atoms with van der Waals surface area (Å²) in [5.74, 6) is 0. The van der Waals surface area contributed by atoms with Crippen molar-refractivity contribution in [3.05, 3.63) is 122 Å². The summed E-state index contributed by atoms with van der Waals surface area (Å²) in [6.07, 6.45) is 1.72. The van der Waals surface area contributed by atoms with Crippen molar-refractivity contribution in [2.24, 2.45) is 0 Å². The minimum absolute atomic E-state index is 0.795. The highest BCUT2D eigenvalue weighted by Crippen LogP contribution is 2.47. The van der Waals surface area contributed by atoms with Crippen LogP contribution in [-0.4, -0.2) is 0 Å². The van der Waals surface area contributed by atoms with Gasteiger partial charge in [-0.15, -0.1) is 0 Å². The lowest BCUT2D eigenvalue weighted by atomic mass is 9.85. The molecule has 0 saturated heterocycles. The Labute approximate surface area is 207 Å². The molecule has 0 radical (unpaired) electrons. The number of hydrogen-bond donors (Lipinski definition) is 0. The highest BCUT2D eigenvalue weighted by atomic mass is 16.4.